The van der Waals surface area contributed by atoms with Crippen LogP contribution in [0.4, 0.5) is 0 Å². The average Bonchev–Trinajstić information content (AvgIpc) is 3.15. The Labute approximate surface area is 206 Å². The molecular weight excluding hydrogens is 446 g/mol. The second kappa shape index (κ2) is 12.0. The van der Waals surface area contributed by atoms with Gasteiger partial charge in [0.05, 0.1) is 31.4 Å². The summed E-state index contributed by atoms with van der Waals surface area (Å²) < 4.78 is 11.1. The fourth-order valence-corrected chi connectivity index (χ4v) is 4.49. The summed E-state index contributed by atoms with van der Waals surface area (Å²) in [5, 5.41) is 11.2. The van der Waals surface area contributed by atoms with E-state index in [2.05, 4.69) is 16.8 Å². The lowest BCUT2D eigenvalue weighted by Crippen LogP contribution is -2.38. The molecule has 186 valence electrons. The third-order valence-electron chi connectivity index (χ3n) is 6.43. The van der Waals surface area contributed by atoms with Gasteiger partial charge >= 0.3 is 0 Å². The normalized spacial score (nSPS) is 20.4. The van der Waals surface area contributed by atoms with Gasteiger partial charge in [0.15, 0.2) is 0 Å². The lowest BCUT2D eigenvalue weighted by Gasteiger charge is -2.29. The molecule has 4 rings (SSSR count). The number of ketones is 1. The molecule has 0 radical (unpaired) electrons. The van der Waals surface area contributed by atoms with Crippen molar-refractivity contribution in [1.29, 1.82) is 0 Å². The maximum absolute atomic E-state index is 13.1. The Morgan fingerprint density at radius 2 is 1.77 bits per heavy atom. The highest BCUT2D eigenvalue weighted by Crippen LogP contribution is 2.39. The molecule has 1 aromatic carbocycles. The number of aliphatic hydroxyl groups is 1. The summed E-state index contributed by atoms with van der Waals surface area (Å²) in [6.07, 6.45) is 5.98. The van der Waals surface area contributed by atoms with Crippen LogP contribution in [0.15, 0.2) is 54.4 Å². The zero-order valence-corrected chi connectivity index (χ0v) is 20.2. The van der Waals surface area contributed by atoms with E-state index in [9.17, 15) is 14.7 Å². The van der Waals surface area contributed by atoms with E-state index in [0.29, 0.717) is 37.7 Å². The highest BCUT2D eigenvalue weighted by Gasteiger charge is 2.45. The van der Waals surface area contributed by atoms with E-state index in [4.69, 9.17) is 9.47 Å². The Balaban J connectivity index is 1.58. The van der Waals surface area contributed by atoms with Gasteiger partial charge in [-0.15, -0.1) is 0 Å². The summed E-state index contributed by atoms with van der Waals surface area (Å²) in [5.41, 5.74) is 1.32. The maximum Gasteiger partial charge on any atom is 0.295 e. The van der Waals surface area contributed by atoms with E-state index in [1.54, 1.807) is 53.7 Å². The van der Waals surface area contributed by atoms with Crippen LogP contribution in [0.5, 0.6) is 5.75 Å². The summed E-state index contributed by atoms with van der Waals surface area (Å²) in [7, 11) is 0. The molecule has 1 atom stereocenters. The van der Waals surface area contributed by atoms with Crippen LogP contribution in [-0.4, -0.2) is 77.6 Å². The van der Waals surface area contributed by atoms with E-state index in [1.165, 1.54) is 0 Å². The summed E-state index contributed by atoms with van der Waals surface area (Å²) in [4.78, 5) is 34.2. The number of aliphatic hydroxyl groups excluding tert-OH is 1. The number of morpholine rings is 1. The molecule has 1 aromatic heterocycles. The molecule has 1 N–H and O–H groups in total. The Morgan fingerprint density at radius 1 is 1.06 bits per heavy atom. The second-order valence-electron chi connectivity index (χ2n) is 8.81. The van der Waals surface area contributed by atoms with Gasteiger partial charge in [-0.1, -0.05) is 13.3 Å². The van der Waals surface area contributed by atoms with Crippen LogP contribution in [0.3, 0.4) is 0 Å². The van der Waals surface area contributed by atoms with Gasteiger partial charge in [0.25, 0.3) is 11.7 Å². The molecule has 0 saturated carbocycles. The first-order valence-corrected chi connectivity index (χ1v) is 12.3. The van der Waals surface area contributed by atoms with Crippen molar-refractivity contribution in [3.05, 3.63) is 65.5 Å². The van der Waals surface area contributed by atoms with Crippen LogP contribution in [0.1, 0.15) is 43.4 Å². The smallest absolute Gasteiger partial charge is 0.295 e. The Bertz CT molecular complexity index is 1030. The number of pyridine rings is 1. The first-order valence-electron chi connectivity index (χ1n) is 12.3. The number of nitrogens with zero attached hydrogens (tertiary/aromatic N) is 3. The fourth-order valence-electron chi connectivity index (χ4n) is 4.49. The van der Waals surface area contributed by atoms with Crippen LogP contribution < -0.4 is 4.74 Å². The molecule has 35 heavy (non-hydrogen) atoms. The monoisotopic (exact) mass is 479 g/mol. The van der Waals surface area contributed by atoms with E-state index in [0.717, 1.165) is 44.5 Å². The van der Waals surface area contributed by atoms with Crippen molar-refractivity contribution in [2.24, 2.45) is 0 Å². The van der Waals surface area contributed by atoms with Crippen molar-refractivity contribution in [1.82, 2.24) is 14.8 Å². The number of hydrogen-bond donors (Lipinski definition) is 1. The number of hydrogen-bond acceptors (Lipinski definition) is 7. The Morgan fingerprint density at radius 3 is 2.46 bits per heavy atom. The molecule has 3 heterocycles. The average molecular weight is 480 g/mol. The largest absolute Gasteiger partial charge is 0.507 e. The zero-order chi connectivity index (χ0) is 24.6. The fraction of sp³-hybridized carbons (Fsp3) is 0.444. The SMILES string of the molecule is CCCCOc1ccc(/C(O)=C2\C(=O)C(=O)N(CCCN3CCOCC3)[C@@H]2c2ccncc2)cc1. The van der Waals surface area contributed by atoms with E-state index >= 15 is 0 Å². The molecule has 2 saturated heterocycles. The van der Waals surface area contributed by atoms with Gasteiger partial charge in [0.2, 0.25) is 0 Å². The van der Waals surface area contributed by atoms with Gasteiger partial charge in [0, 0.05) is 44.1 Å². The molecule has 8 nitrogen and oxygen atoms in total. The third kappa shape index (κ3) is 5.89. The summed E-state index contributed by atoms with van der Waals surface area (Å²) >= 11 is 0. The van der Waals surface area contributed by atoms with Crippen LogP contribution in [0, 0.1) is 0 Å². The van der Waals surface area contributed by atoms with E-state index < -0.39 is 17.7 Å². The molecule has 2 fully saturated rings. The number of unbranched alkanes of at least 4 members (excludes halogenated alkanes) is 1. The van der Waals surface area contributed by atoms with Crippen molar-refractivity contribution in [2.45, 2.75) is 32.2 Å². The number of carbonyl (C=O) groups excluding carboxylic acids is 2. The van der Waals surface area contributed by atoms with Gasteiger partial charge in [-0.3, -0.25) is 19.5 Å². The standard InChI is InChI=1S/C27H33N3O5/c1-2-3-17-35-22-7-5-21(6-8-22)25(31)23-24(20-9-11-28-12-10-20)30(27(33)26(23)32)14-4-13-29-15-18-34-19-16-29/h5-12,24,31H,2-4,13-19H2,1H3/b25-23+/t24-/m1/s1. The first kappa shape index (κ1) is 24.9. The number of aromatic nitrogens is 1. The number of Topliss-reactive ketones (excluding diaryl/α,β-unsaturated/α-hetero) is 1. The van der Waals surface area contributed by atoms with Gasteiger partial charge in [0.1, 0.15) is 11.5 Å². The molecule has 0 aliphatic carbocycles. The molecule has 2 aliphatic heterocycles. The molecular formula is C27H33N3O5. The van der Waals surface area contributed by atoms with E-state index in [-0.39, 0.29) is 11.3 Å². The quantitative estimate of drug-likeness (QED) is 0.242. The predicted octanol–water partition coefficient (Wildman–Crippen LogP) is 3.40. The molecule has 1 amide bonds. The minimum Gasteiger partial charge on any atom is -0.507 e. The van der Waals surface area contributed by atoms with Gasteiger partial charge < -0.3 is 19.5 Å². The van der Waals surface area contributed by atoms with Crippen LogP contribution in [0.2, 0.25) is 0 Å². The van der Waals surface area contributed by atoms with Crippen molar-refractivity contribution >= 4 is 17.4 Å². The van der Waals surface area contributed by atoms with Crippen LogP contribution >= 0.6 is 0 Å². The molecule has 0 spiro atoms. The second-order valence-corrected chi connectivity index (χ2v) is 8.81. The number of amides is 1. The highest BCUT2D eigenvalue weighted by molar-refractivity contribution is 6.46. The van der Waals surface area contributed by atoms with Crippen molar-refractivity contribution in [3.8, 4) is 5.75 Å². The Hall–Kier alpha value is -3.23. The zero-order valence-electron chi connectivity index (χ0n) is 20.2. The van der Waals surface area contributed by atoms with Gasteiger partial charge in [-0.25, -0.2) is 0 Å². The number of rotatable bonds is 10. The number of carbonyl (C=O) groups is 2. The van der Waals surface area contributed by atoms with Crippen LogP contribution in [-0.2, 0) is 14.3 Å². The number of ether oxygens (including phenoxy) is 2. The minimum atomic E-state index is -0.668. The third-order valence-corrected chi connectivity index (χ3v) is 6.43. The minimum absolute atomic E-state index is 0.104. The maximum atomic E-state index is 13.1. The van der Waals surface area contributed by atoms with Crippen molar-refractivity contribution < 1.29 is 24.2 Å². The van der Waals surface area contributed by atoms with Crippen LogP contribution in [0.25, 0.3) is 5.76 Å². The summed E-state index contributed by atoms with van der Waals surface area (Å²) in [6, 6.07) is 9.86. The molecule has 0 bridgehead atoms. The lowest BCUT2D eigenvalue weighted by atomic mass is 9.96. The topological polar surface area (TPSA) is 92.2 Å². The number of likely N-dealkylation sites (tertiary alicyclic amines) is 1. The van der Waals surface area contributed by atoms with Crippen molar-refractivity contribution in [3.63, 3.8) is 0 Å². The molecule has 8 heteroatoms. The first-order chi connectivity index (χ1) is 17.1. The van der Waals surface area contributed by atoms with Gasteiger partial charge in [-0.2, -0.15) is 0 Å². The summed E-state index contributed by atoms with van der Waals surface area (Å²) in [5.74, 6) is -0.737. The molecule has 0 unspecified atom stereocenters. The Kier molecular flexibility index (Phi) is 8.50. The molecule has 2 aliphatic rings. The summed E-state index contributed by atoms with van der Waals surface area (Å²) in [6.45, 7) is 7.11. The molecule has 2 aromatic rings. The van der Waals surface area contributed by atoms with E-state index in [1.807, 2.05) is 0 Å². The number of benzene rings is 1. The predicted molar refractivity (Wildman–Crippen MR) is 132 cm³/mol. The van der Waals surface area contributed by atoms with Crippen molar-refractivity contribution in [2.75, 3.05) is 46.0 Å². The highest BCUT2D eigenvalue weighted by atomic mass is 16.5. The lowest BCUT2D eigenvalue weighted by molar-refractivity contribution is -0.140. The van der Waals surface area contributed by atoms with Gasteiger partial charge in [-0.05, 0) is 54.8 Å².